The molecule has 0 N–H and O–H groups in total. The van der Waals surface area contributed by atoms with Crippen molar-refractivity contribution in [3.05, 3.63) is 79.9 Å². The number of para-hydroxylation sites is 2. The van der Waals surface area contributed by atoms with Crippen LogP contribution in [0.15, 0.2) is 48.5 Å². The van der Waals surface area contributed by atoms with Crippen LogP contribution in [0.4, 0.5) is 11.4 Å². The molecule has 0 bridgehead atoms. The van der Waals surface area contributed by atoms with E-state index in [4.69, 9.17) is 9.47 Å². The third-order valence-electron chi connectivity index (χ3n) is 6.95. The number of nitro benzene ring substituents is 2. The number of hydrogen-bond donors (Lipinski definition) is 0. The van der Waals surface area contributed by atoms with Gasteiger partial charge < -0.3 is 9.47 Å². The van der Waals surface area contributed by atoms with Gasteiger partial charge in [-0.1, -0.05) is 69.2 Å². The lowest BCUT2D eigenvalue weighted by Gasteiger charge is -2.29. The molecule has 2 fully saturated rings. The van der Waals surface area contributed by atoms with E-state index in [-0.39, 0.29) is 11.4 Å². The molecule has 34 heavy (non-hydrogen) atoms. The van der Waals surface area contributed by atoms with Gasteiger partial charge in [-0.2, -0.15) is 0 Å². The molecular formula is C26H32N2O6. The summed E-state index contributed by atoms with van der Waals surface area (Å²) in [5.74, 6) is -0.915. The highest BCUT2D eigenvalue weighted by Crippen LogP contribution is 2.53. The van der Waals surface area contributed by atoms with Crippen molar-refractivity contribution in [1.29, 1.82) is 0 Å². The number of nitrogens with zero attached hydrogens (tertiary/aromatic N) is 2. The number of hydrogen-bond acceptors (Lipinski definition) is 6. The summed E-state index contributed by atoms with van der Waals surface area (Å²) in [6, 6.07) is 12.9. The molecule has 1 saturated heterocycles. The van der Waals surface area contributed by atoms with Gasteiger partial charge in [0, 0.05) is 25.0 Å². The summed E-state index contributed by atoms with van der Waals surface area (Å²) in [4.78, 5) is 22.8. The summed E-state index contributed by atoms with van der Waals surface area (Å²) < 4.78 is 13.2. The van der Waals surface area contributed by atoms with Gasteiger partial charge in [-0.05, 0) is 25.0 Å². The van der Waals surface area contributed by atoms with Crippen LogP contribution in [0.25, 0.3) is 0 Å². The largest absolute Gasteiger partial charge is 0.339 e. The van der Waals surface area contributed by atoms with E-state index < -0.39 is 27.8 Å². The number of rotatable bonds is 4. The molecule has 2 aliphatic rings. The Morgan fingerprint density at radius 3 is 1.35 bits per heavy atom. The van der Waals surface area contributed by atoms with Crippen LogP contribution >= 0.6 is 0 Å². The minimum Gasteiger partial charge on any atom is -0.339 e. The van der Waals surface area contributed by atoms with E-state index in [2.05, 4.69) is 0 Å². The Morgan fingerprint density at radius 2 is 0.971 bits per heavy atom. The molecule has 1 aliphatic carbocycles. The molecule has 0 amide bonds. The normalized spacial score (nSPS) is 23.6. The van der Waals surface area contributed by atoms with Crippen molar-refractivity contribution in [1.82, 2.24) is 0 Å². The molecule has 2 atom stereocenters. The average molecular weight is 469 g/mol. The predicted molar refractivity (Wildman–Crippen MR) is 127 cm³/mol. The fraction of sp³-hybridized carbons (Fsp3) is 0.538. The highest BCUT2D eigenvalue weighted by Gasteiger charge is 2.51. The van der Waals surface area contributed by atoms with Gasteiger partial charge in [0.15, 0.2) is 5.79 Å². The first-order valence-electron chi connectivity index (χ1n) is 12.3. The molecule has 1 spiro atoms. The Labute approximate surface area is 199 Å². The molecule has 8 heteroatoms. The third-order valence-corrected chi connectivity index (χ3v) is 6.95. The molecule has 1 heterocycles. The summed E-state index contributed by atoms with van der Waals surface area (Å²) in [6.07, 6.45) is 9.77. The molecule has 1 saturated carbocycles. The summed E-state index contributed by atoms with van der Waals surface area (Å²) in [5.41, 5.74) is 0.645. The molecule has 1 aliphatic heterocycles. The Kier molecular flexibility index (Phi) is 7.90. The number of nitro groups is 2. The lowest BCUT2D eigenvalue weighted by atomic mass is 9.96. The maximum Gasteiger partial charge on any atom is 0.275 e. The van der Waals surface area contributed by atoms with E-state index in [9.17, 15) is 20.2 Å². The van der Waals surface area contributed by atoms with Gasteiger partial charge >= 0.3 is 0 Å². The second kappa shape index (κ2) is 11.1. The molecule has 8 nitrogen and oxygen atoms in total. The minimum absolute atomic E-state index is 0.0649. The number of ether oxygens (including phenoxy) is 2. The SMILES string of the molecule is O=[N+]([O-])c1ccccc1[C@H]1OC2(CCCCCCCCCCC2)O[C@@H]1c1ccccc1[N+](=O)[O-]. The second-order valence-electron chi connectivity index (χ2n) is 9.30. The molecule has 0 aromatic heterocycles. The van der Waals surface area contributed by atoms with Crippen molar-refractivity contribution in [2.45, 2.75) is 88.6 Å². The molecule has 2 aromatic carbocycles. The van der Waals surface area contributed by atoms with Gasteiger partial charge in [0.1, 0.15) is 12.2 Å². The van der Waals surface area contributed by atoms with Crippen molar-refractivity contribution in [3.8, 4) is 0 Å². The van der Waals surface area contributed by atoms with Gasteiger partial charge in [0.05, 0.1) is 21.0 Å². The van der Waals surface area contributed by atoms with E-state index in [1.54, 1.807) is 36.4 Å². The van der Waals surface area contributed by atoms with Crippen LogP contribution in [0.3, 0.4) is 0 Å². The van der Waals surface area contributed by atoms with E-state index in [0.29, 0.717) is 24.0 Å². The molecular weight excluding hydrogens is 436 g/mol. The zero-order valence-corrected chi connectivity index (χ0v) is 19.4. The molecule has 0 unspecified atom stereocenters. The third kappa shape index (κ3) is 5.45. The van der Waals surface area contributed by atoms with Crippen molar-refractivity contribution in [3.63, 3.8) is 0 Å². The highest BCUT2D eigenvalue weighted by molar-refractivity contribution is 5.47. The van der Waals surface area contributed by atoms with Crippen molar-refractivity contribution in [2.24, 2.45) is 0 Å². The van der Waals surface area contributed by atoms with Crippen LogP contribution in [0.1, 0.15) is 94.0 Å². The standard InChI is InChI=1S/C26H32N2O6/c29-27(30)22-16-10-8-14-20(22)24-25(21-15-9-11-17-23(21)28(31)32)34-26(33-24)18-12-6-4-2-1-3-5-7-13-19-26/h8-11,14-17,24-25H,1-7,12-13,18-19H2/t24-,25-/m1/s1. The van der Waals surface area contributed by atoms with E-state index in [1.165, 1.54) is 31.4 Å². The zero-order chi connectivity index (χ0) is 24.0. The Bertz CT molecular complexity index is 931. The van der Waals surface area contributed by atoms with Crippen LogP contribution in [0, 0.1) is 20.2 Å². The van der Waals surface area contributed by atoms with Crippen molar-refractivity contribution in [2.75, 3.05) is 0 Å². The van der Waals surface area contributed by atoms with Gasteiger partial charge in [-0.25, -0.2) is 0 Å². The fourth-order valence-corrected chi connectivity index (χ4v) is 5.24. The average Bonchev–Trinajstić information content (AvgIpc) is 3.21. The lowest BCUT2D eigenvalue weighted by Crippen LogP contribution is -2.30. The quantitative estimate of drug-likeness (QED) is 0.343. The Morgan fingerprint density at radius 1 is 0.618 bits per heavy atom. The van der Waals surface area contributed by atoms with E-state index in [0.717, 1.165) is 38.5 Å². The van der Waals surface area contributed by atoms with Gasteiger partial charge in [0.2, 0.25) is 0 Å². The smallest absolute Gasteiger partial charge is 0.275 e. The minimum atomic E-state index is -0.915. The van der Waals surface area contributed by atoms with Gasteiger partial charge in [-0.3, -0.25) is 20.2 Å². The monoisotopic (exact) mass is 468 g/mol. The lowest BCUT2D eigenvalue weighted by molar-refractivity contribution is -0.387. The molecule has 0 radical (unpaired) electrons. The second-order valence-corrected chi connectivity index (χ2v) is 9.30. The van der Waals surface area contributed by atoms with Crippen LogP contribution in [-0.2, 0) is 9.47 Å². The predicted octanol–water partition coefficient (Wildman–Crippen LogP) is 7.33. The summed E-state index contributed by atoms with van der Waals surface area (Å²) in [7, 11) is 0. The van der Waals surface area contributed by atoms with Crippen LogP contribution in [-0.4, -0.2) is 15.6 Å². The summed E-state index contributed by atoms with van der Waals surface area (Å²) in [6.45, 7) is 0. The van der Waals surface area contributed by atoms with Crippen LogP contribution < -0.4 is 0 Å². The fourth-order valence-electron chi connectivity index (χ4n) is 5.24. The maximum atomic E-state index is 11.8. The molecule has 182 valence electrons. The maximum absolute atomic E-state index is 11.8. The van der Waals surface area contributed by atoms with Gasteiger partial charge in [0.25, 0.3) is 11.4 Å². The van der Waals surface area contributed by atoms with Crippen molar-refractivity contribution >= 4 is 11.4 Å². The van der Waals surface area contributed by atoms with Crippen LogP contribution in [0.2, 0.25) is 0 Å². The van der Waals surface area contributed by atoms with E-state index in [1.807, 2.05) is 0 Å². The first-order valence-corrected chi connectivity index (χ1v) is 12.3. The van der Waals surface area contributed by atoms with Crippen LogP contribution in [0.5, 0.6) is 0 Å². The summed E-state index contributed by atoms with van der Waals surface area (Å²) in [5, 5.41) is 23.6. The highest BCUT2D eigenvalue weighted by atomic mass is 16.8. The Hall–Kier alpha value is -2.84. The topological polar surface area (TPSA) is 105 Å². The first kappa shape index (κ1) is 24.3. The van der Waals surface area contributed by atoms with Crippen molar-refractivity contribution < 1.29 is 19.3 Å². The number of benzene rings is 2. The Balaban J connectivity index is 1.74. The first-order chi connectivity index (χ1) is 16.5. The molecule has 4 rings (SSSR count). The molecule has 2 aromatic rings. The van der Waals surface area contributed by atoms with Gasteiger partial charge in [-0.15, -0.1) is 0 Å². The van der Waals surface area contributed by atoms with E-state index >= 15 is 0 Å². The zero-order valence-electron chi connectivity index (χ0n) is 19.4. The summed E-state index contributed by atoms with van der Waals surface area (Å²) >= 11 is 0.